The van der Waals surface area contributed by atoms with Gasteiger partial charge in [0.05, 0.1) is 20.2 Å². The van der Waals surface area contributed by atoms with Crippen LogP contribution in [0.15, 0.2) is 76.2 Å². The Hall–Kier alpha value is -4.24. The van der Waals surface area contributed by atoms with Crippen molar-refractivity contribution in [2.24, 2.45) is 0 Å². The van der Waals surface area contributed by atoms with Crippen LogP contribution < -0.4 is 10.3 Å². The molecule has 37 heavy (non-hydrogen) atoms. The molecule has 1 aliphatic heterocycles. The van der Waals surface area contributed by atoms with Crippen LogP contribution in [0, 0.1) is 6.92 Å². The predicted molar refractivity (Wildman–Crippen MR) is 138 cm³/mol. The summed E-state index contributed by atoms with van der Waals surface area (Å²) < 4.78 is 12.2. The van der Waals surface area contributed by atoms with Crippen molar-refractivity contribution < 1.29 is 14.1 Å². The van der Waals surface area contributed by atoms with Crippen molar-refractivity contribution in [2.75, 3.05) is 33.3 Å². The summed E-state index contributed by atoms with van der Waals surface area (Å²) in [7, 11) is 1.62. The van der Waals surface area contributed by atoms with Crippen LogP contribution in [0.2, 0.25) is 0 Å². The Balaban J connectivity index is 1.19. The average molecular weight is 500 g/mol. The van der Waals surface area contributed by atoms with Gasteiger partial charge in [-0.25, -0.2) is 0 Å². The monoisotopic (exact) mass is 499 g/mol. The third-order valence-corrected chi connectivity index (χ3v) is 6.52. The molecule has 1 fully saturated rings. The Bertz CT molecular complexity index is 1440. The van der Waals surface area contributed by atoms with Crippen LogP contribution >= 0.6 is 0 Å². The van der Waals surface area contributed by atoms with Gasteiger partial charge in [0.1, 0.15) is 11.3 Å². The van der Waals surface area contributed by atoms with Gasteiger partial charge in [-0.3, -0.25) is 14.5 Å². The molecule has 2 aromatic heterocycles. The number of aryl methyl sites for hydroxylation is 1. The van der Waals surface area contributed by atoms with Crippen LogP contribution in [0.1, 0.15) is 27.4 Å². The molecule has 1 saturated heterocycles. The van der Waals surface area contributed by atoms with E-state index in [9.17, 15) is 9.59 Å². The van der Waals surface area contributed by atoms with Crippen molar-refractivity contribution >= 4 is 5.91 Å². The molecule has 9 heteroatoms. The number of ether oxygens (including phenoxy) is 1. The molecular weight excluding hydrogens is 470 g/mol. The second kappa shape index (κ2) is 10.8. The highest BCUT2D eigenvalue weighted by atomic mass is 16.5. The van der Waals surface area contributed by atoms with Gasteiger partial charge in [0.2, 0.25) is 11.7 Å². The van der Waals surface area contributed by atoms with E-state index in [1.54, 1.807) is 34.9 Å². The van der Waals surface area contributed by atoms with Crippen LogP contribution in [-0.4, -0.2) is 63.7 Å². The molecule has 9 nitrogen and oxygen atoms in total. The zero-order valence-corrected chi connectivity index (χ0v) is 21.0. The molecule has 0 bridgehead atoms. The van der Waals surface area contributed by atoms with E-state index in [1.807, 2.05) is 55.5 Å². The van der Waals surface area contributed by atoms with E-state index in [2.05, 4.69) is 15.0 Å². The minimum absolute atomic E-state index is 0.199. The fraction of sp³-hybridized carbons (Fsp3) is 0.286. The maximum absolute atomic E-state index is 13.2. The summed E-state index contributed by atoms with van der Waals surface area (Å²) >= 11 is 0. The fourth-order valence-electron chi connectivity index (χ4n) is 4.48. The summed E-state index contributed by atoms with van der Waals surface area (Å²) in [5.41, 5.74) is 2.93. The number of piperazine rings is 1. The topological polar surface area (TPSA) is 93.7 Å². The minimum atomic E-state index is -0.270. The molecule has 4 aromatic rings. The first-order valence-corrected chi connectivity index (χ1v) is 12.2. The van der Waals surface area contributed by atoms with Crippen molar-refractivity contribution in [3.05, 3.63) is 99.8 Å². The van der Waals surface area contributed by atoms with Crippen molar-refractivity contribution in [1.29, 1.82) is 0 Å². The van der Waals surface area contributed by atoms with Gasteiger partial charge in [0, 0.05) is 37.9 Å². The Morgan fingerprint density at radius 3 is 2.51 bits per heavy atom. The van der Waals surface area contributed by atoms with E-state index in [4.69, 9.17) is 9.26 Å². The van der Waals surface area contributed by atoms with Gasteiger partial charge in [-0.1, -0.05) is 35.0 Å². The molecule has 0 unspecified atom stereocenters. The molecule has 190 valence electrons. The standard InChI is InChI=1S/C28H29N5O4/c1-20-5-3-6-21(17-20)18-33-12-4-7-24(28(33)35)27(34)32-15-13-31(14-16-32)19-25-29-26(30-37-25)22-8-10-23(36-2)11-9-22/h3-12,17H,13-16,18-19H2,1-2H3. The molecular formula is C28H29N5O4. The first-order chi connectivity index (χ1) is 18.0. The van der Waals surface area contributed by atoms with Gasteiger partial charge in [0.15, 0.2) is 0 Å². The number of hydrogen-bond acceptors (Lipinski definition) is 7. The number of carbonyl (C=O) groups is 1. The summed E-state index contributed by atoms with van der Waals surface area (Å²) in [5.74, 6) is 1.58. The second-order valence-electron chi connectivity index (χ2n) is 9.15. The van der Waals surface area contributed by atoms with Gasteiger partial charge >= 0.3 is 0 Å². The van der Waals surface area contributed by atoms with Crippen LogP contribution in [0.5, 0.6) is 5.75 Å². The number of hydrogen-bond donors (Lipinski definition) is 0. The van der Waals surface area contributed by atoms with E-state index >= 15 is 0 Å². The number of methoxy groups -OCH3 is 1. The highest BCUT2D eigenvalue weighted by molar-refractivity contribution is 5.93. The smallest absolute Gasteiger partial charge is 0.263 e. The van der Waals surface area contributed by atoms with Crippen molar-refractivity contribution in [3.63, 3.8) is 0 Å². The van der Waals surface area contributed by atoms with E-state index in [0.29, 0.717) is 51.0 Å². The Kier molecular flexibility index (Phi) is 7.14. The summed E-state index contributed by atoms with van der Waals surface area (Å²) in [5, 5.41) is 4.09. The molecule has 3 heterocycles. The normalized spacial score (nSPS) is 14.1. The maximum atomic E-state index is 13.2. The van der Waals surface area contributed by atoms with Gasteiger partial charge in [-0.05, 0) is 48.9 Å². The molecule has 0 radical (unpaired) electrons. The number of carbonyl (C=O) groups excluding carboxylic acids is 1. The predicted octanol–water partition coefficient (Wildman–Crippen LogP) is 3.22. The lowest BCUT2D eigenvalue weighted by Crippen LogP contribution is -2.49. The number of benzene rings is 2. The molecule has 0 aliphatic carbocycles. The van der Waals surface area contributed by atoms with Gasteiger partial charge < -0.3 is 18.7 Å². The van der Waals surface area contributed by atoms with Crippen LogP contribution in [-0.2, 0) is 13.1 Å². The van der Waals surface area contributed by atoms with Gasteiger partial charge in [-0.2, -0.15) is 4.98 Å². The molecule has 0 spiro atoms. The number of pyridine rings is 1. The van der Waals surface area contributed by atoms with Gasteiger partial charge in [-0.15, -0.1) is 0 Å². The highest BCUT2D eigenvalue weighted by Crippen LogP contribution is 2.20. The summed E-state index contributed by atoms with van der Waals surface area (Å²) in [4.78, 5) is 34.7. The van der Waals surface area contributed by atoms with Crippen molar-refractivity contribution in [1.82, 2.24) is 24.5 Å². The van der Waals surface area contributed by atoms with E-state index in [1.165, 1.54) is 0 Å². The third kappa shape index (κ3) is 5.62. The van der Waals surface area contributed by atoms with E-state index in [0.717, 1.165) is 22.4 Å². The van der Waals surface area contributed by atoms with Crippen LogP contribution in [0.4, 0.5) is 0 Å². The molecule has 0 saturated carbocycles. The lowest BCUT2D eigenvalue weighted by Gasteiger charge is -2.33. The number of nitrogens with zero attached hydrogens (tertiary/aromatic N) is 5. The largest absolute Gasteiger partial charge is 0.497 e. The molecule has 0 atom stereocenters. The lowest BCUT2D eigenvalue weighted by molar-refractivity contribution is 0.0612. The number of aromatic nitrogens is 3. The zero-order chi connectivity index (χ0) is 25.8. The van der Waals surface area contributed by atoms with E-state index in [-0.39, 0.29) is 17.0 Å². The quantitative estimate of drug-likeness (QED) is 0.385. The molecule has 5 rings (SSSR count). The molecule has 1 aliphatic rings. The Morgan fingerprint density at radius 2 is 1.78 bits per heavy atom. The summed E-state index contributed by atoms with van der Waals surface area (Å²) in [6.07, 6.45) is 1.73. The maximum Gasteiger partial charge on any atom is 0.263 e. The van der Waals surface area contributed by atoms with Gasteiger partial charge in [0.25, 0.3) is 11.5 Å². The third-order valence-electron chi connectivity index (χ3n) is 6.52. The molecule has 0 N–H and O–H groups in total. The number of rotatable bonds is 7. The van der Waals surface area contributed by atoms with Crippen molar-refractivity contribution in [2.45, 2.75) is 20.0 Å². The average Bonchev–Trinajstić information content (AvgIpc) is 3.38. The summed E-state index contributed by atoms with van der Waals surface area (Å²) in [6.45, 7) is 5.28. The van der Waals surface area contributed by atoms with E-state index < -0.39 is 0 Å². The van der Waals surface area contributed by atoms with Crippen molar-refractivity contribution in [3.8, 4) is 17.1 Å². The Labute approximate surface area is 214 Å². The zero-order valence-electron chi connectivity index (χ0n) is 21.0. The minimum Gasteiger partial charge on any atom is -0.497 e. The number of amides is 1. The second-order valence-corrected chi connectivity index (χ2v) is 9.15. The lowest BCUT2D eigenvalue weighted by atomic mass is 10.1. The molecule has 1 amide bonds. The first kappa shape index (κ1) is 24.5. The SMILES string of the molecule is COc1ccc(-c2noc(CN3CCN(C(=O)c4cccn(Cc5cccc(C)c5)c4=O)CC3)n2)cc1. The fourth-order valence-corrected chi connectivity index (χ4v) is 4.48. The summed E-state index contributed by atoms with van der Waals surface area (Å²) in [6, 6.07) is 18.9. The Morgan fingerprint density at radius 1 is 1.00 bits per heavy atom. The van der Waals surface area contributed by atoms with Crippen LogP contribution in [0.25, 0.3) is 11.4 Å². The highest BCUT2D eigenvalue weighted by Gasteiger charge is 2.25. The van der Waals surface area contributed by atoms with Crippen LogP contribution in [0.3, 0.4) is 0 Å². The first-order valence-electron chi connectivity index (χ1n) is 12.2. The molecule has 2 aromatic carbocycles.